The molecule has 0 radical (unpaired) electrons. The Balaban J connectivity index is 1.99. The van der Waals surface area contributed by atoms with Gasteiger partial charge in [0.1, 0.15) is 0 Å². The molecule has 0 spiro atoms. The molecule has 1 aliphatic rings. The molecule has 0 aromatic carbocycles. The maximum atomic E-state index is 11.8. The molecular weight excluding hydrogens is 300 g/mol. The van der Waals surface area contributed by atoms with Crippen molar-refractivity contribution in [3.05, 3.63) is 28.6 Å². The van der Waals surface area contributed by atoms with Gasteiger partial charge in [-0.05, 0) is 40.0 Å². The van der Waals surface area contributed by atoms with E-state index in [4.69, 9.17) is 0 Å². The van der Waals surface area contributed by atoms with Crippen molar-refractivity contribution >= 4 is 33.4 Å². The predicted molar refractivity (Wildman–Crippen MR) is 65.8 cm³/mol. The van der Waals surface area contributed by atoms with Gasteiger partial charge in [0.15, 0.2) is 5.65 Å². The van der Waals surface area contributed by atoms with Crippen LogP contribution >= 0.6 is 15.9 Å². The predicted octanol–water partition coefficient (Wildman–Crippen LogP) is 1.01. The second-order valence-corrected chi connectivity index (χ2v) is 4.87. The highest BCUT2D eigenvalue weighted by Gasteiger charge is 2.28. The number of carbonyl (C=O) groups is 2. The number of aromatic nitrogens is 3. The molecule has 3 rings (SSSR count). The van der Waals surface area contributed by atoms with Gasteiger partial charge in [0.05, 0.1) is 5.92 Å². The third-order valence-corrected chi connectivity index (χ3v) is 3.57. The average molecular weight is 309 g/mol. The molecule has 1 aliphatic heterocycles. The van der Waals surface area contributed by atoms with Gasteiger partial charge >= 0.3 is 0 Å². The lowest BCUT2D eigenvalue weighted by atomic mass is 9.91. The van der Waals surface area contributed by atoms with E-state index in [0.717, 1.165) is 5.56 Å². The van der Waals surface area contributed by atoms with Crippen molar-refractivity contribution in [2.75, 3.05) is 0 Å². The summed E-state index contributed by atoms with van der Waals surface area (Å²) in [6.45, 7) is 0. The summed E-state index contributed by atoms with van der Waals surface area (Å²) in [6, 6.07) is 3.67. The molecule has 1 atom stereocenters. The molecule has 0 aliphatic carbocycles. The summed E-state index contributed by atoms with van der Waals surface area (Å²) in [6.07, 6.45) is 2.71. The van der Waals surface area contributed by atoms with Crippen molar-refractivity contribution in [1.82, 2.24) is 19.9 Å². The van der Waals surface area contributed by atoms with Gasteiger partial charge in [-0.3, -0.25) is 19.3 Å². The SMILES string of the molecule is O=C1CCC(c2ccn3c(Br)nnc3c2)C(=O)N1. The zero-order valence-electron chi connectivity index (χ0n) is 9.26. The zero-order valence-corrected chi connectivity index (χ0v) is 10.8. The minimum Gasteiger partial charge on any atom is -0.296 e. The number of fused-ring (bicyclic) bond motifs is 1. The largest absolute Gasteiger partial charge is 0.296 e. The van der Waals surface area contributed by atoms with E-state index < -0.39 is 0 Å². The second-order valence-electron chi connectivity index (χ2n) is 4.16. The summed E-state index contributed by atoms with van der Waals surface area (Å²) < 4.78 is 2.39. The molecule has 92 valence electrons. The molecule has 1 N–H and O–H groups in total. The number of piperidine rings is 1. The maximum Gasteiger partial charge on any atom is 0.234 e. The van der Waals surface area contributed by atoms with E-state index in [1.54, 1.807) is 10.6 Å². The molecule has 2 aromatic rings. The minimum atomic E-state index is -0.289. The van der Waals surface area contributed by atoms with Crippen LogP contribution in [0.1, 0.15) is 24.3 Å². The first-order chi connectivity index (χ1) is 8.65. The van der Waals surface area contributed by atoms with Gasteiger partial charge in [0, 0.05) is 12.6 Å². The van der Waals surface area contributed by atoms with E-state index in [1.165, 1.54) is 0 Å². The fourth-order valence-corrected chi connectivity index (χ4v) is 2.48. The van der Waals surface area contributed by atoms with Crippen LogP contribution in [0.3, 0.4) is 0 Å². The fraction of sp³-hybridized carbons (Fsp3) is 0.273. The van der Waals surface area contributed by atoms with Crippen molar-refractivity contribution in [3.8, 4) is 0 Å². The summed E-state index contributed by atoms with van der Waals surface area (Å²) in [4.78, 5) is 22.9. The third kappa shape index (κ3) is 1.80. The fourth-order valence-electron chi connectivity index (χ4n) is 2.11. The molecule has 1 unspecified atom stereocenters. The monoisotopic (exact) mass is 308 g/mol. The third-order valence-electron chi connectivity index (χ3n) is 3.03. The molecule has 1 fully saturated rings. The Bertz CT molecular complexity index is 652. The van der Waals surface area contributed by atoms with Gasteiger partial charge in [-0.1, -0.05) is 0 Å². The normalized spacial score (nSPS) is 20.2. The molecule has 18 heavy (non-hydrogen) atoms. The van der Waals surface area contributed by atoms with Gasteiger partial charge in [-0.15, -0.1) is 10.2 Å². The first-order valence-electron chi connectivity index (χ1n) is 5.49. The molecule has 0 saturated carbocycles. The van der Waals surface area contributed by atoms with Crippen LogP contribution in [-0.4, -0.2) is 26.4 Å². The Labute approximate surface area is 111 Å². The van der Waals surface area contributed by atoms with Crippen LogP contribution in [0.5, 0.6) is 0 Å². The molecule has 3 heterocycles. The molecular formula is C11H9BrN4O2. The Morgan fingerprint density at radius 1 is 1.39 bits per heavy atom. The Morgan fingerprint density at radius 2 is 2.22 bits per heavy atom. The van der Waals surface area contributed by atoms with Crippen LogP contribution in [-0.2, 0) is 9.59 Å². The summed E-state index contributed by atoms with van der Waals surface area (Å²) in [5, 5.41) is 10.2. The van der Waals surface area contributed by atoms with Gasteiger partial charge in [0.25, 0.3) is 0 Å². The number of pyridine rings is 1. The van der Waals surface area contributed by atoms with Crippen LogP contribution in [0.25, 0.3) is 5.65 Å². The summed E-state index contributed by atoms with van der Waals surface area (Å²) >= 11 is 3.27. The zero-order chi connectivity index (χ0) is 12.7. The maximum absolute atomic E-state index is 11.8. The van der Waals surface area contributed by atoms with Crippen molar-refractivity contribution < 1.29 is 9.59 Å². The van der Waals surface area contributed by atoms with Crippen LogP contribution in [0.15, 0.2) is 23.1 Å². The molecule has 0 bridgehead atoms. The number of nitrogens with one attached hydrogen (secondary N) is 1. The van der Waals surface area contributed by atoms with E-state index in [1.807, 2.05) is 12.1 Å². The summed E-state index contributed by atoms with van der Waals surface area (Å²) in [5.74, 6) is -0.736. The van der Waals surface area contributed by atoms with Crippen molar-refractivity contribution in [2.45, 2.75) is 18.8 Å². The molecule has 2 amide bonds. The highest BCUT2D eigenvalue weighted by atomic mass is 79.9. The molecule has 2 aromatic heterocycles. The first kappa shape index (κ1) is 11.3. The van der Waals surface area contributed by atoms with E-state index in [0.29, 0.717) is 23.2 Å². The highest BCUT2D eigenvalue weighted by Crippen LogP contribution is 2.25. The van der Waals surface area contributed by atoms with E-state index in [9.17, 15) is 9.59 Å². The topological polar surface area (TPSA) is 76.4 Å². The number of carbonyl (C=O) groups excluding carboxylic acids is 2. The average Bonchev–Trinajstić information content (AvgIpc) is 2.71. The van der Waals surface area contributed by atoms with Gasteiger partial charge in [0.2, 0.25) is 16.5 Å². The lowest BCUT2D eigenvalue weighted by Gasteiger charge is -2.20. The smallest absolute Gasteiger partial charge is 0.234 e. The first-order valence-corrected chi connectivity index (χ1v) is 6.28. The number of halogens is 1. The Morgan fingerprint density at radius 3 is 3.00 bits per heavy atom. The lowest BCUT2D eigenvalue weighted by Crippen LogP contribution is -2.39. The van der Waals surface area contributed by atoms with Crippen molar-refractivity contribution in [2.24, 2.45) is 0 Å². The number of imide groups is 1. The highest BCUT2D eigenvalue weighted by molar-refractivity contribution is 9.10. The van der Waals surface area contributed by atoms with Crippen molar-refractivity contribution in [3.63, 3.8) is 0 Å². The van der Waals surface area contributed by atoms with Crippen LogP contribution < -0.4 is 5.32 Å². The Hall–Kier alpha value is -1.76. The molecule has 6 nitrogen and oxygen atoms in total. The van der Waals surface area contributed by atoms with E-state index in [-0.39, 0.29) is 17.7 Å². The number of rotatable bonds is 1. The second kappa shape index (κ2) is 4.16. The van der Waals surface area contributed by atoms with Gasteiger partial charge in [-0.25, -0.2) is 0 Å². The summed E-state index contributed by atoms with van der Waals surface area (Å²) in [7, 11) is 0. The number of nitrogens with zero attached hydrogens (tertiary/aromatic N) is 3. The number of hydrogen-bond acceptors (Lipinski definition) is 4. The van der Waals surface area contributed by atoms with Gasteiger partial charge < -0.3 is 0 Å². The number of amides is 2. The van der Waals surface area contributed by atoms with Crippen molar-refractivity contribution in [1.29, 1.82) is 0 Å². The Kier molecular flexibility index (Phi) is 2.62. The van der Waals surface area contributed by atoms with Crippen LogP contribution in [0.4, 0.5) is 0 Å². The standard InChI is InChI=1S/C11H9BrN4O2/c12-11-15-14-8-5-6(3-4-16(8)11)7-1-2-9(17)13-10(7)18/h3-5,7H,1-2H2,(H,13,17,18). The van der Waals surface area contributed by atoms with E-state index in [2.05, 4.69) is 31.4 Å². The number of hydrogen-bond donors (Lipinski definition) is 1. The minimum absolute atomic E-state index is 0.206. The lowest BCUT2D eigenvalue weighted by molar-refractivity contribution is -0.134. The van der Waals surface area contributed by atoms with E-state index >= 15 is 0 Å². The van der Waals surface area contributed by atoms with Crippen LogP contribution in [0, 0.1) is 0 Å². The molecule has 7 heteroatoms. The quantitative estimate of drug-likeness (QED) is 0.798. The summed E-state index contributed by atoms with van der Waals surface area (Å²) in [5.41, 5.74) is 1.52. The molecule has 1 saturated heterocycles. The van der Waals surface area contributed by atoms with Crippen LogP contribution in [0.2, 0.25) is 0 Å². The van der Waals surface area contributed by atoms with Gasteiger partial charge in [-0.2, -0.15) is 0 Å².